The number of pyridine rings is 1. The topological polar surface area (TPSA) is 46.0 Å². The Morgan fingerprint density at radius 2 is 2.06 bits per heavy atom. The molecular weight excluding hydrogens is 220 g/mol. The van der Waals surface area contributed by atoms with Crippen molar-refractivity contribution in [3.63, 3.8) is 0 Å². The number of aromatic nitrogens is 2. The maximum atomic E-state index is 9.99. The predicted molar refractivity (Wildman–Crippen MR) is 64.5 cm³/mol. The van der Waals surface area contributed by atoms with Gasteiger partial charge in [0.05, 0.1) is 16.0 Å². The minimum absolute atomic E-state index is 0.499. The number of aliphatic hydroxyl groups is 1. The van der Waals surface area contributed by atoms with Crippen LogP contribution in [0.1, 0.15) is 27.2 Å². The van der Waals surface area contributed by atoms with Crippen molar-refractivity contribution in [2.45, 2.75) is 26.4 Å². The lowest BCUT2D eigenvalue weighted by atomic mass is 10.1. The fourth-order valence-corrected chi connectivity index (χ4v) is 2.22. The van der Waals surface area contributed by atoms with Gasteiger partial charge in [-0.15, -0.1) is 11.3 Å². The zero-order valence-corrected chi connectivity index (χ0v) is 10.2. The monoisotopic (exact) mass is 234 g/mol. The minimum Gasteiger partial charge on any atom is -0.387 e. The highest BCUT2D eigenvalue weighted by Crippen LogP contribution is 2.22. The molecule has 0 saturated heterocycles. The Labute approximate surface area is 98.8 Å². The van der Waals surface area contributed by atoms with Gasteiger partial charge in [-0.05, 0) is 25.5 Å². The van der Waals surface area contributed by atoms with Crippen molar-refractivity contribution in [2.24, 2.45) is 0 Å². The minimum atomic E-state index is -0.499. The number of rotatable bonds is 3. The van der Waals surface area contributed by atoms with Crippen LogP contribution in [0.15, 0.2) is 24.5 Å². The van der Waals surface area contributed by atoms with E-state index in [4.69, 9.17) is 0 Å². The molecule has 0 fully saturated rings. The van der Waals surface area contributed by atoms with Gasteiger partial charge in [0.2, 0.25) is 0 Å². The normalized spacial score (nSPS) is 12.7. The summed E-state index contributed by atoms with van der Waals surface area (Å²) < 4.78 is 0. The fourth-order valence-electron chi connectivity index (χ4n) is 1.45. The molecule has 2 aromatic rings. The summed E-state index contributed by atoms with van der Waals surface area (Å²) >= 11 is 1.53. The number of nitrogens with zero attached hydrogens (tertiary/aromatic N) is 2. The second kappa shape index (κ2) is 4.72. The largest absolute Gasteiger partial charge is 0.387 e. The van der Waals surface area contributed by atoms with Crippen LogP contribution in [0.4, 0.5) is 0 Å². The number of hydrogen-bond donors (Lipinski definition) is 1. The molecule has 0 aliphatic heterocycles. The molecule has 1 atom stereocenters. The summed E-state index contributed by atoms with van der Waals surface area (Å²) in [7, 11) is 0. The van der Waals surface area contributed by atoms with Crippen LogP contribution in [0.3, 0.4) is 0 Å². The molecule has 84 valence electrons. The molecule has 0 amide bonds. The number of aliphatic hydroxyl groups excluding tert-OH is 1. The molecule has 0 aliphatic rings. The summed E-state index contributed by atoms with van der Waals surface area (Å²) in [6.07, 6.45) is 3.60. The summed E-state index contributed by atoms with van der Waals surface area (Å²) in [5, 5.41) is 11.0. The maximum Gasteiger partial charge on any atom is 0.0953 e. The van der Waals surface area contributed by atoms with Gasteiger partial charge in [-0.3, -0.25) is 4.98 Å². The standard InChI is InChI=1S/C12H14N2OS/c1-8-3-4-10(14-6-8)5-11(15)12-7-13-9(2)16-12/h3-4,6-7,11,15H,5H2,1-2H3. The lowest BCUT2D eigenvalue weighted by molar-refractivity contribution is 0.181. The van der Waals surface area contributed by atoms with Crippen LogP contribution < -0.4 is 0 Å². The molecule has 0 spiro atoms. The van der Waals surface area contributed by atoms with Crippen LogP contribution in [0.5, 0.6) is 0 Å². The summed E-state index contributed by atoms with van der Waals surface area (Å²) in [6.45, 7) is 3.94. The van der Waals surface area contributed by atoms with Crippen molar-refractivity contribution >= 4 is 11.3 Å². The van der Waals surface area contributed by atoms with Gasteiger partial charge in [0.1, 0.15) is 0 Å². The summed E-state index contributed by atoms with van der Waals surface area (Å²) in [6, 6.07) is 3.96. The SMILES string of the molecule is Cc1ccc(CC(O)c2cnc(C)s2)nc1. The van der Waals surface area contributed by atoms with Gasteiger partial charge >= 0.3 is 0 Å². The highest BCUT2D eigenvalue weighted by Gasteiger charge is 2.11. The van der Waals surface area contributed by atoms with Crippen LogP contribution in [0.25, 0.3) is 0 Å². The van der Waals surface area contributed by atoms with E-state index < -0.39 is 6.10 Å². The third-order valence-electron chi connectivity index (χ3n) is 2.34. The number of hydrogen-bond acceptors (Lipinski definition) is 4. The zero-order valence-electron chi connectivity index (χ0n) is 9.34. The molecular formula is C12H14N2OS. The van der Waals surface area contributed by atoms with E-state index >= 15 is 0 Å². The van der Waals surface area contributed by atoms with E-state index in [1.54, 1.807) is 6.20 Å². The molecule has 0 aromatic carbocycles. The van der Waals surface area contributed by atoms with E-state index in [1.807, 2.05) is 32.2 Å². The van der Waals surface area contributed by atoms with Crippen molar-refractivity contribution in [1.29, 1.82) is 0 Å². The Morgan fingerprint density at radius 1 is 1.25 bits per heavy atom. The lowest BCUT2D eigenvalue weighted by Crippen LogP contribution is -2.01. The first-order valence-corrected chi connectivity index (χ1v) is 5.99. The third kappa shape index (κ3) is 2.65. The van der Waals surface area contributed by atoms with E-state index in [2.05, 4.69) is 9.97 Å². The maximum absolute atomic E-state index is 9.99. The Balaban J connectivity index is 2.07. The average molecular weight is 234 g/mol. The van der Waals surface area contributed by atoms with Crippen LogP contribution in [0, 0.1) is 13.8 Å². The van der Waals surface area contributed by atoms with Gasteiger partial charge in [-0.25, -0.2) is 4.98 Å². The first-order chi connectivity index (χ1) is 7.65. The van der Waals surface area contributed by atoms with E-state index in [0.717, 1.165) is 21.1 Å². The number of aryl methyl sites for hydroxylation is 2. The zero-order chi connectivity index (χ0) is 11.5. The van der Waals surface area contributed by atoms with Crippen LogP contribution in [-0.2, 0) is 6.42 Å². The summed E-state index contributed by atoms with van der Waals surface area (Å²) in [4.78, 5) is 9.31. The molecule has 0 aliphatic carbocycles. The Morgan fingerprint density at radius 3 is 2.62 bits per heavy atom. The van der Waals surface area contributed by atoms with Crippen molar-refractivity contribution in [1.82, 2.24) is 9.97 Å². The number of thiazole rings is 1. The molecule has 2 heterocycles. The van der Waals surface area contributed by atoms with Gasteiger partial charge in [-0.2, -0.15) is 0 Å². The Bertz CT molecular complexity index is 464. The van der Waals surface area contributed by atoms with Gasteiger partial charge in [-0.1, -0.05) is 6.07 Å². The van der Waals surface area contributed by atoms with Crippen LogP contribution >= 0.6 is 11.3 Å². The highest BCUT2D eigenvalue weighted by molar-refractivity contribution is 7.11. The van der Waals surface area contributed by atoms with E-state index in [9.17, 15) is 5.11 Å². The van der Waals surface area contributed by atoms with Gasteiger partial charge < -0.3 is 5.11 Å². The fraction of sp³-hybridized carbons (Fsp3) is 0.333. The molecule has 4 heteroatoms. The molecule has 16 heavy (non-hydrogen) atoms. The smallest absolute Gasteiger partial charge is 0.0953 e. The second-order valence-corrected chi connectivity index (χ2v) is 5.09. The van der Waals surface area contributed by atoms with Crippen molar-refractivity contribution in [2.75, 3.05) is 0 Å². The van der Waals surface area contributed by atoms with Crippen molar-refractivity contribution in [3.05, 3.63) is 45.7 Å². The molecule has 1 N–H and O–H groups in total. The molecule has 3 nitrogen and oxygen atoms in total. The molecule has 0 saturated carbocycles. The Kier molecular flexibility index (Phi) is 3.31. The van der Waals surface area contributed by atoms with E-state index in [1.165, 1.54) is 11.3 Å². The van der Waals surface area contributed by atoms with Gasteiger partial charge in [0.25, 0.3) is 0 Å². The van der Waals surface area contributed by atoms with Crippen LogP contribution in [0.2, 0.25) is 0 Å². The highest BCUT2D eigenvalue weighted by atomic mass is 32.1. The van der Waals surface area contributed by atoms with E-state index in [0.29, 0.717) is 6.42 Å². The Hall–Kier alpha value is -1.26. The molecule has 2 rings (SSSR count). The molecule has 0 radical (unpaired) electrons. The summed E-state index contributed by atoms with van der Waals surface area (Å²) in [5.74, 6) is 0. The van der Waals surface area contributed by atoms with E-state index in [-0.39, 0.29) is 0 Å². The summed E-state index contributed by atoms with van der Waals surface area (Å²) in [5.41, 5.74) is 2.04. The first-order valence-electron chi connectivity index (χ1n) is 5.17. The molecule has 2 aromatic heterocycles. The molecule has 1 unspecified atom stereocenters. The van der Waals surface area contributed by atoms with Crippen LogP contribution in [-0.4, -0.2) is 15.1 Å². The van der Waals surface area contributed by atoms with Crippen molar-refractivity contribution < 1.29 is 5.11 Å². The predicted octanol–water partition coefficient (Wildman–Crippen LogP) is 2.43. The average Bonchev–Trinajstić information content (AvgIpc) is 2.68. The van der Waals surface area contributed by atoms with Gasteiger partial charge in [0.15, 0.2) is 0 Å². The second-order valence-electron chi connectivity index (χ2n) is 3.83. The van der Waals surface area contributed by atoms with Crippen molar-refractivity contribution in [3.8, 4) is 0 Å². The first kappa shape index (κ1) is 11.2. The molecule has 0 bridgehead atoms. The third-order valence-corrected chi connectivity index (χ3v) is 3.36. The van der Waals surface area contributed by atoms with Gasteiger partial charge in [0, 0.05) is 24.5 Å². The lowest BCUT2D eigenvalue weighted by Gasteiger charge is -2.07. The quantitative estimate of drug-likeness (QED) is 0.887.